The van der Waals surface area contributed by atoms with Gasteiger partial charge in [-0.1, -0.05) is 95.9 Å². The van der Waals surface area contributed by atoms with Crippen molar-refractivity contribution >= 4 is 22.7 Å². The molecule has 2 aromatic carbocycles. The van der Waals surface area contributed by atoms with Crippen LogP contribution < -0.4 is 9.80 Å². The van der Waals surface area contributed by atoms with Gasteiger partial charge >= 0.3 is 0 Å². The highest BCUT2D eigenvalue weighted by molar-refractivity contribution is 5.94. The lowest BCUT2D eigenvalue weighted by atomic mass is 9.98. The number of unbranched alkanes of at least 4 members (excludes halogenated alkanes) is 9. The van der Waals surface area contributed by atoms with E-state index in [0.29, 0.717) is 0 Å². The average Bonchev–Trinajstić information content (AvgIpc) is 2.78. The molecule has 0 saturated carbocycles. The van der Waals surface area contributed by atoms with Gasteiger partial charge in [0.1, 0.15) is 0 Å². The number of rotatable bonds is 13. The number of anilines is 4. The molecule has 0 radical (unpaired) electrons. The fraction of sp³-hybridized carbons (Fsp3) is 0.571. The lowest BCUT2D eigenvalue weighted by Gasteiger charge is -2.40. The first-order chi connectivity index (χ1) is 14.8. The highest BCUT2D eigenvalue weighted by Crippen LogP contribution is 2.48. The molecule has 0 spiro atoms. The molecule has 3 rings (SSSR count). The van der Waals surface area contributed by atoms with Gasteiger partial charge in [0.2, 0.25) is 0 Å². The molecule has 0 amide bonds. The summed E-state index contributed by atoms with van der Waals surface area (Å²) >= 11 is 0. The fourth-order valence-electron chi connectivity index (χ4n) is 4.79. The van der Waals surface area contributed by atoms with E-state index in [4.69, 9.17) is 0 Å². The van der Waals surface area contributed by atoms with Crippen molar-refractivity contribution in [1.29, 1.82) is 0 Å². The van der Waals surface area contributed by atoms with Crippen LogP contribution in [0.25, 0.3) is 0 Å². The molecule has 0 N–H and O–H groups in total. The van der Waals surface area contributed by atoms with E-state index in [0.717, 1.165) is 6.54 Å². The molecule has 1 heterocycles. The van der Waals surface area contributed by atoms with Crippen molar-refractivity contribution < 1.29 is 0 Å². The monoisotopic (exact) mass is 406 g/mol. The molecule has 1 aliphatic heterocycles. The summed E-state index contributed by atoms with van der Waals surface area (Å²) in [5.74, 6) is 0. The molecule has 0 saturated heterocycles. The minimum atomic E-state index is 1.12. The van der Waals surface area contributed by atoms with E-state index in [1.54, 1.807) is 0 Å². The highest BCUT2D eigenvalue weighted by atomic mass is 15.3. The Hall–Kier alpha value is -1.96. The van der Waals surface area contributed by atoms with E-state index in [-0.39, 0.29) is 0 Å². The average molecular weight is 407 g/mol. The second kappa shape index (κ2) is 12.0. The van der Waals surface area contributed by atoms with Gasteiger partial charge in [-0.25, -0.2) is 0 Å². The van der Waals surface area contributed by atoms with E-state index in [2.05, 4.69) is 73.2 Å². The molecule has 0 bridgehead atoms. The van der Waals surface area contributed by atoms with E-state index in [1.165, 1.54) is 105 Å². The SMILES string of the molecule is CCCCCCCCN1c2ccccc2N(C)c2cccc(CCCCCCC)c21. The predicted molar refractivity (Wildman–Crippen MR) is 134 cm³/mol. The molecule has 2 aromatic rings. The minimum Gasteiger partial charge on any atom is -0.341 e. The molecule has 0 atom stereocenters. The number of nitrogens with zero attached hydrogens (tertiary/aromatic N) is 2. The first-order valence-electron chi connectivity index (χ1n) is 12.5. The maximum absolute atomic E-state index is 2.63. The Labute approximate surface area is 185 Å². The first kappa shape index (κ1) is 22.7. The van der Waals surface area contributed by atoms with Crippen LogP contribution in [0.3, 0.4) is 0 Å². The third-order valence-corrected chi connectivity index (χ3v) is 6.55. The number of hydrogen-bond acceptors (Lipinski definition) is 2. The van der Waals surface area contributed by atoms with E-state index < -0.39 is 0 Å². The fourth-order valence-corrected chi connectivity index (χ4v) is 4.79. The number of fused-ring (bicyclic) bond motifs is 2. The van der Waals surface area contributed by atoms with Gasteiger partial charge in [0.25, 0.3) is 0 Å². The summed E-state index contributed by atoms with van der Waals surface area (Å²) in [6, 6.07) is 15.9. The Morgan fingerprint density at radius 1 is 0.600 bits per heavy atom. The molecule has 0 unspecified atom stereocenters. The minimum absolute atomic E-state index is 1.12. The third-order valence-electron chi connectivity index (χ3n) is 6.55. The topological polar surface area (TPSA) is 6.48 Å². The van der Waals surface area contributed by atoms with Crippen molar-refractivity contribution in [3.05, 3.63) is 48.0 Å². The van der Waals surface area contributed by atoms with Crippen LogP contribution in [-0.2, 0) is 6.42 Å². The molecule has 0 aromatic heterocycles. The molecule has 2 nitrogen and oxygen atoms in total. The summed E-state index contributed by atoms with van der Waals surface area (Å²) in [7, 11) is 2.23. The summed E-state index contributed by atoms with van der Waals surface area (Å²) in [6.07, 6.45) is 15.9. The maximum Gasteiger partial charge on any atom is 0.0685 e. The van der Waals surface area contributed by atoms with Crippen LogP contribution in [0.2, 0.25) is 0 Å². The summed E-state index contributed by atoms with van der Waals surface area (Å²) < 4.78 is 0. The standard InChI is InChI=1S/C28H42N2/c1-4-6-8-10-12-16-23-30-26-21-15-14-20-25(26)29(3)27-22-17-19-24(28(27)30)18-13-11-9-7-5-2/h14-15,17,19-22H,4-13,16,18,23H2,1-3H3. The lowest BCUT2D eigenvalue weighted by Crippen LogP contribution is -2.29. The van der Waals surface area contributed by atoms with Crippen molar-refractivity contribution in [2.45, 2.75) is 90.9 Å². The Bertz CT molecular complexity index is 767. The van der Waals surface area contributed by atoms with Crippen molar-refractivity contribution in [2.24, 2.45) is 0 Å². The maximum atomic E-state index is 2.63. The van der Waals surface area contributed by atoms with E-state index >= 15 is 0 Å². The van der Waals surface area contributed by atoms with Crippen LogP contribution in [0, 0.1) is 0 Å². The van der Waals surface area contributed by atoms with Gasteiger partial charge in [-0.05, 0) is 43.0 Å². The van der Waals surface area contributed by atoms with Gasteiger partial charge in [0, 0.05) is 13.6 Å². The van der Waals surface area contributed by atoms with Crippen LogP contribution in [0.5, 0.6) is 0 Å². The molecular weight excluding hydrogens is 364 g/mol. The zero-order valence-electron chi connectivity index (χ0n) is 19.6. The largest absolute Gasteiger partial charge is 0.341 e. The first-order valence-corrected chi connectivity index (χ1v) is 12.5. The van der Waals surface area contributed by atoms with Gasteiger partial charge in [-0.15, -0.1) is 0 Å². The Morgan fingerprint density at radius 2 is 1.20 bits per heavy atom. The van der Waals surface area contributed by atoms with Crippen LogP contribution in [-0.4, -0.2) is 13.6 Å². The molecule has 164 valence electrons. The van der Waals surface area contributed by atoms with E-state index in [9.17, 15) is 0 Å². The van der Waals surface area contributed by atoms with Gasteiger partial charge < -0.3 is 9.80 Å². The molecule has 1 aliphatic rings. The van der Waals surface area contributed by atoms with Gasteiger partial charge in [-0.2, -0.15) is 0 Å². The lowest BCUT2D eigenvalue weighted by molar-refractivity contribution is 0.608. The van der Waals surface area contributed by atoms with Crippen LogP contribution in [0.1, 0.15) is 90.0 Å². The van der Waals surface area contributed by atoms with Crippen molar-refractivity contribution in [3.63, 3.8) is 0 Å². The number of hydrogen-bond donors (Lipinski definition) is 0. The second-order valence-electron chi connectivity index (χ2n) is 8.92. The molecule has 30 heavy (non-hydrogen) atoms. The van der Waals surface area contributed by atoms with Crippen LogP contribution >= 0.6 is 0 Å². The quantitative estimate of drug-likeness (QED) is 0.307. The predicted octanol–water partition coefficient (Wildman–Crippen LogP) is 8.78. The molecule has 2 heteroatoms. The zero-order chi connectivity index (χ0) is 21.2. The molecule has 0 aliphatic carbocycles. The van der Waals surface area contributed by atoms with Gasteiger partial charge in [-0.3, -0.25) is 0 Å². The van der Waals surface area contributed by atoms with Gasteiger partial charge in [0.15, 0.2) is 0 Å². The van der Waals surface area contributed by atoms with E-state index in [1.807, 2.05) is 0 Å². The van der Waals surface area contributed by atoms with Crippen LogP contribution in [0.4, 0.5) is 22.7 Å². The third kappa shape index (κ3) is 5.59. The number of aryl methyl sites for hydroxylation is 1. The molecule has 0 fully saturated rings. The Balaban J connectivity index is 1.78. The van der Waals surface area contributed by atoms with Crippen molar-refractivity contribution in [2.75, 3.05) is 23.4 Å². The Kier molecular flexibility index (Phi) is 9.11. The summed E-state index contributed by atoms with van der Waals surface area (Å²) in [5, 5.41) is 0. The summed E-state index contributed by atoms with van der Waals surface area (Å²) in [5.41, 5.74) is 7.06. The molecular formula is C28H42N2. The smallest absolute Gasteiger partial charge is 0.0685 e. The normalized spacial score (nSPS) is 12.8. The second-order valence-corrected chi connectivity index (χ2v) is 8.92. The summed E-state index contributed by atoms with van der Waals surface area (Å²) in [4.78, 5) is 5.02. The van der Waals surface area contributed by atoms with Crippen LogP contribution in [0.15, 0.2) is 42.5 Å². The number of para-hydroxylation sites is 3. The van der Waals surface area contributed by atoms with Crippen molar-refractivity contribution in [1.82, 2.24) is 0 Å². The Morgan fingerprint density at radius 3 is 1.93 bits per heavy atom. The van der Waals surface area contributed by atoms with Crippen molar-refractivity contribution in [3.8, 4) is 0 Å². The highest BCUT2D eigenvalue weighted by Gasteiger charge is 2.27. The zero-order valence-corrected chi connectivity index (χ0v) is 19.6. The summed E-state index contributed by atoms with van der Waals surface area (Å²) in [6.45, 7) is 5.71. The van der Waals surface area contributed by atoms with Gasteiger partial charge in [0.05, 0.1) is 22.7 Å². The number of benzene rings is 2.